The number of rotatable bonds is 1. The van der Waals surface area contributed by atoms with Gasteiger partial charge in [-0.05, 0) is 33.4 Å². The van der Waals surface area contributed by atoms with Gasteiger partial charge in [-0.25, -0.2) is 4.79 Å². The normalized spacial score (nSPS) is 33.4. The van der Waals surface area contributed by atoms with Crippen molar-refractivity contribution in [2.75, 3.05) is 34.3 Å². The first-order chi connectivity index (χ1) is 8.15. The van der Waals surface area contributed by atoms with E-state index in [0.717, 1.165) is 19.5 Å². The molecule has 0 radical (unpaired) electrons. The van der Waals surface area contributed by atoms with Crippen molar-refractivity contribution in [3.8, 4) is 0 Å². The van der Waals surface area contributed by atoms with E-state index in [1.54, 1.807) is 0 Å². The Hall–Kier alpha value is -0.810. The van der Waals surface area contributed by atoms with Gasteiger partial charge in [0, 0.05) is 25.2 Å². The molecule has 5 heteroatoms. The molecule has 1 heterocycles. The van der Waals surface area contributed by atoms with Crippen LogP contribution < -0.4 is 5.32 Å². The number of nitrogens with zero attached hydrogens (tertiary/aromatic N) is 2. The van der Waals surface area contributed by atoms with Crippen molar-refractivity contribution in [2.45, 2.75) is 37.4 Å². The number of ether oxygens (including phenoxy) is 1. The van der Waals surface area contributed by atoms with Crippen LogP contribution in [0.4, 0.5) is 4.79 Å². The van der Waals surface area contributed by atoms with Gasteiger partial charge in [0.25, 0.3) is 0 Å². The first-order valence-electron chi connectivity index (χ1n) is 6.39. The number of likely N-dealkylation sites (N-methyl/N-ethyl adjacent to an activating group) is 1. The molecule has 1 amide bonds. The molecule has 1 aliphatic carbocycles. The maximum Gasteiger partial charge on any atom is 0.409 e. The van der Waals surface area contributed by atoms with Crippen LogP contribution in [0.3, 0.4) is 0 Å². The molecular weight excluding hydrogens is 218 g/mol. The van der Waals surface area contributed by atoms with Crippen molar-refractivity contribution >= 4 is 6.09 Å². The second-order valence-electron chi connectivity index (χ2n) is 5.17. The summed E-state index contributed by atoms with van der Waals surface area (Å²) in [6, 6.07) is 1.19. The lowest BCUT2D eigenvalue weighted by Crippen LogP contribution is -2.67. The molecular formula is C12H23N3O2. The first kappa shape index (κ1) is 12.6. The van der Waals surface area contributed by atoms with Crippen molar-refractivity contribution in [3.63, 3.8) is 0 Å². The van der Waals surface area contributed by atoms with Crippen LogP contribution in [0.5, 0.6) is 0 Å². The van der Waals surface area contributed by atoms with Gasteiger partial charge >= 0.3 is 6.09 Å². The van der Waals surface area contributed by atoms with E-state index in [2.05, 4.69) is 24.3 Å². The number of carbonyl (C=O) groups excluding carboxylic acids is 1. The van der Waals surface area contributed by atoms with E-state index in [9.17, 15) is 4.79 Å². The molecule has 1 saturated carbocycles. The summed E-state index contributed by atoms with van der Waals surface area (Å²) >= 11 is 0. The smallest absolute Gasteiger partial charge is 0.409 e. The molecule has 5 nitrogen and oxygen atoms in total. The van der Waals surface area contributed by atoms with Gasteiger partial charge in [-0.2, -0.15) is 0 Å². The number of piperazine rings is 1. The maximum absolute atomic E-state index is 11.8. The standard InChI is InChI=1S/C12H23N3O2/c1-14(2)9-5-4-6-10-11(9)13-7-8-15(10)12(16)17-3/h9-11,13H,4-8H2,1-3H3. The maximum atomic E-state index is 11.8. The quantitative estimate of drug-likeness (QED) is 0.726. The summed E-state index contributed by atoms with van der Waals surface area (Å²) < 4.78 is 4.88. The van der Waals surface area contributed by atoms with E-state index in [0.29, 0.717) is 12.1 Å². The molecule has 1 N–H and O–H groups in total. The van der Waals surface area contributed by atoms with Gasteiger partial charge in [-0.15, -0.1) is 0 Å². The van der Waals surface area contributed by atoms with E-state index >= 15 is 0 Å². The van der Waals surface area contributed by atoms with Crippen molar-refractivity contribution in [1.82, 2.24) is 15.1 Å². The van der Waals surface area contributed by atoms with Crippen molar-refractivity contribution in [2.24, 2.45) is 0 Å². The minimum atomic E-state index is -0.180. The predicted octanol–water partition coefficient (Wildman–Crippen LogP) is 0.509. The van der Waals surface area contributed by atoms with Crippen LogP contribution in [0.25, 0.3) is 0 Å². The third kappa shape index (κ3) is 2.40. The fraction of sp³-hybridized carbons (Fsp3) is 0.917. The third-order valence-electron chi connectivity index (χ3n) is 4.03. The van der Waals surface area contributed by atoms with Crippen LogP contribution in [0.2, 0.25) is 0 Å². The molecule has 0 aromatic heterocycles. The van der Waals surface area contributed by atoms with Crippen molar-refractivity contribution in [3.05, 3.63) is 0 Å². The summed E-state index contributed by atoms with van der Waals surface area (Å²) in [4.78, 5) is 15.9. The number of carbonyl (C=O) groups is 1. The topological polar surface area (TPSA) is 44.8 Å². The highest BCUT2D eigenvalue weighted by Crippen LogP contribution is 2.28. The van der Waals surface area contributed by atoms with Gasteiger partial charge in [0.2, 0.25) is 0 Å². The van der Waals surface area contributed by atoms with Gasteiger partial charge in [-0.1, -0.05) is 0 Å². The van der Waals surface area contributed by atoms with Gasteiger partial charge in [0.15, 0.2) is 0 Å². The number of fused-ring (bicyclic) bond motifs is 1. The molecule has 3 atom stereocenters. The number of hydrogen-bond acceptors (Lipinski definition) is 4. The molecule has 0 aromatic rings. The number of methoxy groups -OCH3 is 1. The van der Waals surface area contributed by atoms with Gasteiger partial charge in [0.1, 0.15) is 0 Å². The lowest BCUT2D eigenvalue weighted by atomic mass is 9.83. The molecule has 3 unspecified atom stereocenters. The average Bonchev–Trinajstić information content (AvgIpc) is 2.36. The van der Waals surface area contributed by atoms with E-state index < -0.39 is 0 Å². The van der Waals surface area contributed by atoms with Crippen molar-refractivity contribution in [1.29, 1.82) is 0 Å². The first-order valence-corrected chi connectivity index (χ1v) is 6.39. The zero-order valence-corrected chi connectivity index (χ0v) is 11.0. The summed E-state index contributed by atoms with van der Waals surface area (Å²) in [5, 5.41) is 3.57. The second-order valence-corrected chi connectivity index (χ2v) is 5.17. The number of amides is 1. The van der Waals surface area contributed by atoms with Crippen LogP contribution in [0, 0.1) is 0 Å². The number of nitrogens with one attached hydrogen (secondary N) is 1. The van der Waals surface area contributed by atoms with Crippen molar-refractivity contribution < 1.29 is 9.53 Å². The molecule has 2 rings (SSSR count). The molecule has 17 heavy (non-hydrogen) atoms. The van der Waals surface area contributed by atoms with E-state index in [1.807, 2.05) is 4.90 Å². The van der Waals surface area contributed by atoms with Crippen LogP contribution >= 0.6 is 0 Å². The minimum absolute atomic E-state index is 0.180. The Morgan fingerprint density at radius 1 is 1.41 bits per heavy atom. The van der Waals surface area contributed by atoms with E-state index in [1.165, 1.54) is 20.0 Å². The third-order valence-corrected chi connectivity index (χ3v) is 4.03. The van der Waals surface area contributed by atoms with E-state index in [-0.39, 0.29) is 12.1 Å². The SMILES string of the molecule is COC(=O)N1CCNC2C(N(C)C)CCCC21. The highest BCUT2D eigenvalue weighted by Gasteiger charge is 2.41. The molecule has 0 bridgehead atoms. The molecule has 0 aromatic carbocycles. The van der Waals surface area contributed by atoms with E-state index in [4.69, 9.17) is 4.74 Å². The van der Waals surface area contributed by atoms with Gasteiger partial charge < -0.3 is 19.9 Å². The fourth-order valence-corrected chi connectivity index (χ4v) is 3.21. The molecule has 2 aliphatic rings. The monoisotopic (exact) mass is 241 g/mol. The fourth-order valence-electron chi connectivity index (χ4n) is 3.21. The Labute approximate surface area is 103 Å². The Morgan fingerprint density at radius 2 is 2.18 bits per heavy atom. The van der Waals surface area contributed by atoms with Crippen LogP contribution in [0.15, 0.2) is 0 Å². The summed E-state index contributed by atoms with van der Waals surface area (Å²) in [5.74, 6) is 0. The molecule has 1 aliphatic heterocycles. The zero-order valence-electron chi connectivity index (χ0n) is 11.0. The lowest BCUT2D eigenvalue weighted by molar-refractivity contribution is 0.0348. The Bertz CT molecular complexity index is 283. The Balaban J connectivity index is 2.12. The van der Waals surface area contributed by atoms with Gasteiger partial charge in [0.05, 0.1) is 13.2 Å². The summed E-state index contributed by atoms with van der Waals surface area (Å²) in [5.41, 5.74) is 0. The number of hydrogen-bond donors (Lipinski definition) is 1. The summed E-state index contributed by atoms with van der Waals surface area (Å²) in [7, 11) is 5.70. The van der Waals surface area contributed by atoms with Crippen LogP contribution in [-0.4, -0.2) is 68.3 Å². The van der Waals surface area contributed by atoms with Crippen LogP contribution in [-0.2, 0) is 4.74 Å². The Morgan fingerprint density at radius 3 is 2.82 bits per heavy atom. The molecule has 2 fully saturated rings. The molecule has 98 valence electrons. The molecule has 0 spiro atoms. The Kier molecular flexibility index (Phi) is 3.89. The van der Waals surface area contributed by atoms with Gasteiger partial charge in [-0.3, -0.25) is 0 Å². The lowest BCUT2D eigenvalue weighted by Gasteiger charge is -2.49. The summed E-state index contributed by atoms with van der Waals surface area (Å²) in [6.45, 7) is 1.62. The average molecular weight is 241 g/mol. The molecule has 1 saturated heterocycles. The van der Waals surface area contributed by atoms with Crippen LogP contribution in [0.1, 0.15) is 19.3 Å². The largest absolute Gasteiger partial charge is 0.453 e. The second kappa shape index (κ2) is 5.23. The highest BCUT2D eigenvalue weighted by molar-refractivity contribution is 5.68. The summed E-state index contributed by atoms with van der Waals surface area (Å²) in [6.07, 6.45) is 3.29. The minimum Gasteiger partial charge on any atom is -0.453 e. The predicted molar refractivity (Wildman–Crippen MR) is 66.0 cm³/mol. The highest BCUT2D eigenvalue weighted by atomic mass is 16.5. The zero-order chi connectivity index (χ0) is 12.4.